The smallest absolute Gasteiger partial charge is 0.0667 e. The van der Waals surface area contributed by atoms with Crippen molar-refractivity contribution in [1.29, 1.82) is 5.26 Å². The highest BCUT2D eigenvalue weighted by atomic mass is 16.3. The van der Waals surface area contributed by atoms with Crippen molar-refractivity contribution in [2.45, 2.75) is 38.8 Å². The van der Waals surface area contributed by atoms with E-state index in [1.54, 1.807) is 0 Å². The Morgan fingerprint density at radius 3 is 2.50 bits per heavy atom. The largest absolute Gasteiger partial charge is 0.392 e. The number of hydrogen-bond donors (Lipinski definition) is 2. The fourth-order valence-electron chi connectivity index (χ4n) is 1.99. The van der Waals surface area contributed by atoms with Gasteiger partial charge in [0, 0.05) is 12.6 Å². The fourth-order valence-corrected chi connectivity index (χ4v) is 1.99. The Bertz CT molecular complexity index is 370. The van der Waals surface area contributed by atoms with Crippen LogP contribution < -0.4 is 5.32 Å². The Morgan fingerprint density at radius 1 is 1.28 bits per heavy atom. The van der Waals surface area contributed by atoms with E-state index in [2.05, 4.69) is 25.2 Å². The molecule has 0 aliphatic heterocycles. The van der Waals surface area contributed by atoms with Gasteiger partial charge in [-0.2, -0.15) is 5.26 Å². The van der Waals surface area contributed by atoms with Crippen LogP contribution in [0.25, 0.3) is 0 Å². The van der Waals surface area contributed by atoms with Gasteiger partial charge in [0.2, 0.25) is 0 Å². The zero-order valence-corrected chi connectivity index (χ0v) is 11.1. The number of benzene rings is 1. The van der Waals surface area contributed by atoms with Crippen LogP contribution in [-0.4, -0.2) is 17.8 Å². The summed E-state index contributed by atoms with van der Waals surface area (Å²) in [5.41, 5.74) is 1.09. The molecule has 3 nitrogen and oxygen atoms in total. The SMILES string of the molecule is CC(C)CC(O)CNC(CC#N)c1ccccc1. The zero-order chi connectivity index (χ0) is 13.4. The Labute approximate surface area is 109 Å². The third-order valence-corrected chi connectivity index (χ3v) is 2.84. The van der Waals surface area contributed by atoms with Crippen LogP contribution in [0.3, 0.4) is 0 Å². The molecule has 18 heavy (non-hydrogen) atoms. The third kappa shape index (κ3) is 5.31. The second-order valence-electron chi connectivity index (χ2n) is 5.02. The summed E-state index contributed by atoms with van der Waals surface area (Å²) < 4.78 is 0. The van der Waals surface area contributed by atoms with Gasteiger partial charge in [0.1, 0.15) is 0 Å². The summed E-state index contributed by atoms with van der Waals surface area (Å²) >= 11 is 0. The van der Waals surface area contributed by atoms with Gasteiger partial charge in [0.25, 0.3) is 0 Å². The molecular formula is C15H22N2O. The highest BCUT2D eigenvalue weighted by Gasteiger charge is 2.13. The second kappa shape index (κ2) is 7.86. The number of aliphatic hydroxyl groups excluding tert-OH is 1. The maximum Gasteiger partial charge on any atom is 0.0667 e. The molecule has 2 N–H and O–H groups in total. The molecule has 0 amide bonds. The van der Waals surface area contributed by atoms with E-state index in [0.29, 0.717) is 18.9 Å². The first-order valence-electron chi connectivity index (χ1n) is 6.46. The molecule has 0 spiro atoms. The molecule has 0 fully saturated rings. The van der Waals surface area contributed by atoms with Crippen LogP contribution in [0.1, 0.15) is 38.3 Å². The Morgan fingerprint density at radius 2 is 1.94 bits per heavy atom. The number of rotatable bonds is 7. The van der Waals surface area contributed by atoms with Crippen molar-refractivity contribution in [3.63, 3.8) is 0 Å². The van der Waals surface area contributed by atoms with Gasteiger partial charge in [-0.25, -0.2) is 0 Å². The van der Waals surface area contributed by atoms with Crippen LogP contribution >= 0.6 is 0 Å². The molecule has 3 heteroatoms. The summed E-state index contributed by atoms with van der Waals surface area (Å²) in [6.45, 7) is 4.71. The zero-order valence-electron chi connectivity index (χ0n) is 11.1. The predicted octanol–water partition coefficient (Wildman–Crippen LogP) is 2.64. The summed E-state index contributed by atoms with van der Waals surface area (Å²) in [4.78, 5) is 0. The summed E-state index contributed by atoms with van der Waals surface area (Å²) in [6.07, 6.45) is 0.842. The molecule has 0 aromatic heterocycles. The first-order valence-corrected chi connectivity index (χ1v) is 6.46. The fraction of sp³-hybridized carbons (Fsp3) is 0.533. The van der Waals surface area contributed by atoms with Gasteiger partial charge < -0.3 is 10.4 Å². The van der Waals surface area contributed by atoms with E-state index in [0.717, 1.165) is 12.0 Å². The van der Waals surface area contributed by atoms with Gasteiger partial charge in [0.05, 0.1) is 18.6 Å². The van der Waals surface area contributed by atoms with E-state index in [-0.39, 0.29) is 12.1 Å². The normalized spacial score (nSPS) is 14.2. The third-order valence-electron chi connectivity index (χ3n) is 2.84. The van der Waals surface area contributed by atoms with Gasteiger partial charge in [-0.05, 0) is 17.9 Å². The van der Waals surface area contributed by atoms with Crippen LogP contribution in [0.4, 0.5) is 0 Å². The number of nitrogens with zero attached hydrogens (tertiary/aromatic N) is 1. The van der Waals surface area contributed by atoms with Gasteiger partial charge in [-0.1, -0.05) is 44.2 Å². The molecule has 0 saturated carbocycles. The van der Waals surface area contributed by atoms with E-state index >= 15 is 0 Å². The minimum absolute atomic E-state index is 0.00184. The van der Waals surface area contributed by atoms with Crippen LogP contribution in [0.2, 0.25) is 0 Å². The van der Waals surface area contributed by atoms with E-state index in [1.165, 1.54) is 0 Å². The average molecular weight is 246 g/mol. The second-order valence-corrected chi connectivity index (χ2v) is 5.02. The van der Waals surface area contributed by atoms with Gasteiger partial charge >= 0.3 is 0 Å². The molecule has 2 unspecified atom stereocenters. The van der Waals surface area contributed by atoms with Crippen LogP contribution in [0.5, 0.6) is 0 Å². The van der Waals surface area contributed by atoms with E-state index in [4.69, 9.17) is 5.26 Å². The molecule has 1 rings (SSSR count). The average Bonchev–Trinajstić information content (AvgIpc) is 2.34. The Balaban J connectivity index is 2.52. The minimum atomic E-state index is -0.352. The Hall–Kier alpha value is -1.37. The van der Waals surface area contributed by atoms with Gasteiger partial charge in [-0.3, -0.25) is 0 Å². The highest BCUT2D eigenvalue weighted by molar-refractivity contribution is 5.19. The topological polar surface area (TPSA) is 56.0 Å². The first kappa shape index (κ1) is 14.7. The quantitative estimate of drug-likeness (QED) is 0.777. The molecule has 0 heterocycles. The molecule has 0 aliphatic carbocycles. The van der Waals surface area contributed by atoms with Crippen molar-refractivity contribution in [2.24, 2.45) is 5.92 Å². The first-order chi connectivity index (χ1) is 8.63. The van der Waals surface area contributed by atoms with Crippen molar-refractivity contribution < 1.29 is 5.11 Å². The number of hydrogen-bond acceptors (Lipinski definition) is 3. The van der Waals surface area contributed by atoms with Crippen LogP contribution in [0, 0.1) is 17.2 Å². The van der Waals surface area contributed by atoms with Crippen molar-refractivity contribution in [3.05, 3.63) is 35.9 Å². The van der Waals surface area contributed by atoms with Crippen molar-refractivity contribution in [1.82, 2.24) is 5.32 Å². The highest BCUT2D eigenvalue weighted by Crippen LogP contribution is 2.16. The van der Waals surface area contributed by atoms with E-state index in [9.17, 15) is 5.11 Å². The number of nitrogens with one attached hydrogen (secondary N) is 1. The molecule has 0 radical (unpaired) electrons. The summed E-state index contributed by atoms with van der Waals surface area (Å²) in [5.74, 6) is 0.480. The lowest BCUT2D eigenvalue weighted by molar-refractivity contribution is 0.142. The molecule has 0 aliphatic rings. The molecule has 1 aromatic carbocycles. The van der Waals surface area contributed by atoms with Gasteiger partial charge in [-0.15, -0.1) is 0 Å². The lowest BCUT2D eigenvalue weighted by Gasteiger charge is -2.20. The predicted molar refractivity (Wildman–Crippen MR) is 72.9 cm³/mol. The number of aliphatic hydroxyl groups is 1. The summed E-state index contributed by atoms with van der Waals surface area (Å²) in [6, 6.07) is 12.1. The molecule has 2 atom stereocenters. The van der Waals surface area contributed by atoms with Crippen LogP contribution in [0.15, 0.2) is 30.3 Å². The molecule has 98 valence electrons. The maximum atomic E-state index is 9.84. The summed E-state index contributed by atoms with van der Waals surface area (Å²) in [7, 11) is 0. The maximum absolute atomic E-state index is 9.84. The van der Waals surface area contributed by atoms with E-state index in [1.807, 2.05) is 30.3 Å². The van der Waals surface area contributed by atoms with Crippen molar-refractivity contribution >= 4 is 0 Å². The number of nitriles is 1. The van der Waals surface area contributed by atoms with Crippen molar-refractivity contribution in [3.8, 4) is 6.07 Å². The van der Waals surface area contributed by atoms with E-state index < -0.39 is 0 Å². The molecular weight excluding hydrogens is 224 g/mol. The minimum Gasteiger partial charge on any atom is -0.392 e. The lowest BCUT2D eigenvalue weighted by Crippen LogP contribution is -2.31. The van der Waals surface area contributed by atoms with Crippen LogP contribution in [-0.2, 0) is 0 Å². The van der Waals surface area contributed by atoms with Gasteiger partial charge in [0.15, 0.2) is 0 Å². The standard InChI is InChI=1S/C15H22N2O/c1-12(2)10-14(18)11-17-15(8-9-16)13-6-4-3-5-7-13/h3-7,12,14-15,17-18H,8,10-11H2,1-2H3. The summed E-state index contributed by atoms with van der Waals surface area (Å²) in [5, 5.41) is 22.0. The molecule has 1 aromatic rings. The van der Waals surface area contributed by atoms with Crippen molar-refractivity contribution in [2.75, 3.05) is 6.54 Å². The lowest BCUT2D eigenvalue weighted by atomic mass is 10.0. The monoisotopic (exact) mass is 246 g/mol. The molecule has 0 saturated heterocycles. The Kier molecular flexibility index (Phi) is 6.42. The molecule has 0 bridgehead atoms.